The van der Waals surface area contributed by atoms with E-state index in [-0.39, 0.29) is 30.5 Å². The van der Waals surface area contributed by atoms with Crippen molar-refractivity contribution < 1.29 is 28.3 Å². The number of aromatic nitrogens is 1. The Hall–Kier alpha value is -2.13. The molecule has 0 aliphatic heterocycles. The maximum absolute atomic E-state index is 12.0. The molecule has 0 unspecified atom stereocenters. The zero-order valence-corrected chi connectivity index (χ0v) is 11.5. The maximum atomic E-state index is 12.0. The molecule has 9 heteroatoms. The number of hydrogen-bond acceptors (Lipinski definition) is 8. The van der Waals surface area contributed by atoms with Gasteiger partial charge in [-0.05, 0) is 13.8 Å². The second-order valence-corrected chi connectivity index (χ2v) is 3.49. The van der Waals surface area contributed by atoms with E-state index >= 15 is 0 Å². The van der Waals surface area contributed by atoms with Gasteiger partial charge in [0.25, 0.3) is 5.91 Å². The Labute approximate surface area is 115 Å². The van der Waals surface area contributed by atoms with E-state index in [1.54, 1.807) is 13.8 Å². The van der Waals surface area contributed by atoms with Crippen LogP contribution in [0.2, 0.25) is 0 Å². The van der Waals surface area contributed by atoms with Crippen molar-refractivity contribution in [2.45, 2.75) is 20.1 Å². The molecule has 0 aliphatic carbocycles. The van der Waals surface area contributed by atoms with E-state index in [2.05, 4.69) is 19.7 Å². The number of amides is 1. The zero-order valence-electron chi connectivity index (χ0n) is 11.5. The number of methoxy groups -OCH3 is 1. The molecule has 9 nitrogen and oxygen atoms in total. The third-order valence-corrected chi connectivity index (χ3v) is 2.20. The molecule has 0 atom stereocenters. The van der Waals surface area contributed by atoms with E-state index in [1.807, 2.05) is 0 Å². The molecule has 1 heterocycles. The Kier molecular flexibility index (Phi) is 5.94. The van der Waals surface area contributed by atoms with Crippen molar-refractivity contribution in [3.05, 3.63) is 5.69 Å². The summed E-state index contributed by atoms with van der Waals surface area (Å²) in [4.78, 5) is 23.4. The van der Waals surface area contributed by atoms with Crippen molar-refractivity contribution >= 4 is 23.4 Å². The highest BCUT2D eigenvalue weighted by atomic mass is 16.7. The average Bonchev–Trinajstić information content (AvgIpc) is 2.79. The van der Waals surface area contributed by atoms with Crippen LogP contribution in [0.25, 0.3) is 0 Å². The first-order chi connectivity index (χ1) is 9.54. The number of nitrogens with zero attached hydrogens (tertiary/aromatic N) is 1. The highest BCUT2D eigenvalue weighted by Crippen LogP contribution is 2.24. The van der Waals surface area contributed by atoms with Crippen molar-refractivity contribution in [1.29, 1.82) is 0 Å². The standard InChI is InChI=1S/C11H17N3O6/c1-4-18-11(19-5-2)9(15)13-6-7(10(16)17-3)14-20-8(6)12/h11H,4-5,12H2,1-3H3,(H,13,15). The number of nitrogens with two attached hydrogens (primary N) is 1. The molecule has 0 aliphatic rings. The smallest absolute Gasteiger partial charge is 0.362 e. The summed E-state index contributed by atoms with van der Waals surface area (Å²) in [6.45, 7) is 3.99. The summed E-state index contributed by atoms with van der Waals surface area (Å²) in [6, 6.07) is 0. The summed E-state index contributed by atoms with van der Waals surface area (Å²) in [5, 5.41) is 5.79. The first kappa shape index (κ1) is 15.9. The van der Waals surface area contributed by atoms with Crippen LogP contribution >= 0.6 is 0 Å². The fourth-order valence-electron chi connectivity index (χ4n) is 1.34. The third kappa shape index (κ3) is 3.68. The number of anilines is 2. The number of esters is 1. The van der Waals surface area contributed by atoms with Crippen LogP contribution in [0.1, 0.15) is 24.3 Å². The lowest BCUT2D eigenvalue weighted by Crippen LogP contribution is -2.33. The minimum absolute atomic E-state index is 0.0775. The van der Waals surface area contributed by atoms with Gasteiger partial charge in [-0.2, -0.15) is 0 Å². The van der Waals surface area contributed by atoms with Crippen molar-refractivity contribution in [2.75, 3.05) is 31.4 Å². The first-order valence-corrected chi connectivity index (χ1v) is 5.92. The van der Waals surface area contributed by atoms with Gasteiger partial charge in [0.15, 0.2) is 0 Å². The summed E-state index contributed by atoms with van der Waals surface area (Å²) in [6.07, 6.45) is -1.12. The SMILES string of the molecule is CCOC(OCC)C(=O)Nc1c(C(=O)OC)noc1N. The summed E-state index contributed by atoms with van der Waals surface area (Å²) in [5.41, 5.74) is 5.19. The Balaban J connectivity index is 2.88. The molecule has 0 saturated carbocycles. The van der Waals surface area contributed by atoms with Crippen LogP contribution in [-0.2, 0) is 19.0 Å². The lowest BCUT2D eigenvalue weighted by atomic mass is 10.3. The van der Waals surface area contributed by atoms with Crippen LogP contribution in [0.5, 0.6) is 0 Å². The van der Waals surface area contributed by atoms with Gasteiger partial charge in [-0.25, -0.2) is 4.79 Å². The largest absolute Gasteiger partial charge is 0.464 e. The molecule has 3 N–H and O–H groups in total. The van der Waals surface area contributed by atoms with Crippen molar-refractivity contribution in [3.8, 4) is 0 Å². The van der Waals surface area contributed by atoms with Crippen LogP contribution in [0, 0.1) is 0 Å². The number of carbonyl (C=O) groups excluding carboxylic acids is 2. The van der Waals surface area contributed by atoms with Crippen LogP contribution in [-0.4, -0.2) is 43.6 Å². The molecule has 1 aromatic rings. The molecule has 0 fully saturated rings. The normalized spacial score (nSPS) is 10.6. The predicted molar refractivity (Wildman–Crippen MR) is 67.9 cm³/mol. The van der Waals surface area contributed by atoms with Crippen molar-refractivity contribution in [2.24, 2.45) is 0 Å². The molecule has 0 bridgehead atoms. The number of hydrogen-bond donors (Lipinski definition) is 2. The number of rotatable bonds is 7. The summed E-state index contributed by atoms with van der Waals surface area (Å²) in [7, 11) is 1.17. The average molecular weight is 287 g/mol. The second-order valence-electron chi connectivity index (χ2n) is 3.49. The molecular formula is C11H17N3O6. The molecule has 0 radical (unpaired) electrons. The van der Waals surface area contributed by atoms with Gasteiger partial charge in [0, 0.05) is 13.2 Å². The van der Waals surface area contributed by atoms with Crippen LogP contribution in [0.3, 0.4) is 0 Å². The van der Waals surface area contributed by atoms with Gasteiger partial charge in [-0.3, -0.25) is 4.79 Å². The summed E-state index contributed by atoms with van der Waals surface area (Å²) < 4.78 is 19.4. The Bertz CT molecular complexity index is 467. The molecule has 20 heavy (non-hydrogen) atoms. The second kappa shape index (κ2) is 7.46. The highest BCUT2D eigenvalue weighted by molar-refractivity contribution is 6.03. The van der Waals surface area contributed by atoms with E-state index < -0.39 is 18.2 Å². The van der Waals surface area contributed by atoms with E-state index in [1.165, 1.54) is 7.11 Å². The summed E-state index contributed by atoms with van der Waals surface area (Å²) >= 11 is 0. The molecule has 1 amide bonds. The van der Waals surface area contributed by atoms with Crippen molar-refractivity contribution in [1.82, 2.24) is 5.16 Å². The Morgan fingerprint density at radius 3 is 2.45 bits per heavy atom. The Morgan fingerprint density at radius 1 is 1.35 bits per heavy atom. The van der Waals surface area contributed by atoms with E-state index in [4.69, 9.17) is 15.2 Å². The molecule has 0 spiro atoms. The van der Waals surface area contributed by atoms with E-state index in [9.17, 15) is 9.59 Å². The monoisotopic (exact) mass is 287 g/mol. The third-order valence-electron chi connectivity index (χ3n) is 2.20. The quantitative estimate of drug-likeness (QED) is 0.544. The van der Waals surface area contributed by atoms with Gasteiger partial charge in [-0.1, -0.05) is 5.16 Å². The number of ether oxygens (including phenoxy) is 3. The van der Waals surface area contributed by atoms with Gasteiger partial charge >= 0.3 is 5.97 Å². The van der Waals surface area contributed by atoms with Gasteiger partial charge < -0.3 is 29.8 Å². The molecule has 1 aromatic heterocycles. The number of carbonyl (C=O) groups is 2. The topological polar surface area (TPSA) is 126 Å². The number of nitrogens with one attached hydrogen (secondary N) is 1. The van der Waals surface area contributed by atoms with Gasteiger partial charge in [-0.15, -0.1) is 0 Å². The molecule has 1 rings (SSSR count). The highest BCUT2D eigenvalue weighted by Gasteiger charge is 2.26. The Morgan fingerprint density at radius 2 is 1.95 bits per heavy atom. The number of nitrogen functional groups attached to an aromatic ring is 1. The van der Waals surface area contributed by atoms with Crippen LogP contribution in [0.4, 0.5) is 11.6 Å². The minimum atomic E-state index is -1.12. The molecular weight excluding hydrogens is 270 g/mol. The molecule has 0 aromatic carbocycles. The van der Waals surface area contributed by atoms with Crippen LogP contribution < -0.4 is 11.1 Å². The van der Waals surface area contributed by atoms with E-state index in [0.29, 0.717) is 0 Å². The molecule has 0 saturated heterocycles. The molecule has 112 valence electrons. The fourth-order valence-corrected chi connectivity index (χ4v) is 1.34. The zero-order chi connectivity index (χ0) is 15.1. The van der Waals surface area contributed by atoms with Gasteiger partial charge in [0.1, 0.15) is 5.69 Å². The van der Waals surface area contributed by atoms with Gasteiger partial charge in [0.05, 0.1) is 7.11 Å². The van der Waals surface area contributed by atoms with Gasteiger partial charge in [0.2, 0.25) is 17.9 Å². The van der Waals surface area contributed by atoms with Crippen molar-refractivity contribution in [3.63, 3.8) is 0 Å². The minimum Gasteiger partial charge on any atom is -0.464 e. The van der Waals surface area contributed by atoms with E-state index in [0.717, 1.165) is 0 Å². The lowest BCUT2D eigenvalue weighted by molar-refractivity contribution is -0.164. The maximum Gasteiger partial charge on any atom is 0.362 e. The summed E-state index contributed by atoms with van der Waals surface area (Å²) in [5.74, 6) is -1.63. The van der Waals surface area contributed by atoms with Crippen LogP contribution in [0.15, 0.2) is 4.52 Å². The first-order valence-electron chi connectivity index (χ1n) is 5.92. The fraction of sp³-hybridized carbons (Fsp3) is 0.545. The predicted octanol–water partition coefficient (Wildman–Crippen LogP) is 0.381. The lowest BCUT2D eigenvalue weighted by Gasteiger charge is -2.15.